The smallest absolute Gasteiger partial charge is 0.119 e. The van der Waals surface area contributed by atoms with Crippen LogP contribution < -0.4 is 9.47 Å². The van der Waals surface area contributed by atoms with Crippen LogP contribution in [0.4, 0.5) is 0 Å². The number of allylic oxidation sites excluding steroid dienone is 1. The number of aliphatic hydroxyl groups excluding tert-OH is 1. The van der Waals surface area contributed by atoms with Crippen LogP contribution in [-0.2, 0) is 19.4 Å². The molecule has 0 spiro atoms. The fourth-order valence-electron chi connectivity index (χ4n) is 3.18. The van der Waals surface area contributed by atoms with E-state index in [1.807, 2.05) is 42.5 Å². The molecule has 0 aliphatic carbocycles. The van der Waals surface area contributed by atoms with Crippen molar-refractivity contribution in [1.82, 2.24) is 0 Å². The average molecular weight is 403 g/mol. The Kier molecular flexibility index (Phi) is 8.55. The van der Waals surface area contributed by atoms with Gasteiger partial charge in [0.25, 0.3) is 0 Å². The molecule has 0 fully saturated rings. The van der Waals surface area contributed by atoms with Gasteiger partial charge in [-0.3, -0.25) is 0 Å². The molecule has 0 bridgehead atoms. The minimum Gasteiger partial charge on any atom is -0.497 e. The Morgan fingerprint density at radius 3 is 2.13 bits per heavy atom. The highest BCUT2D eigenvalue weighted by Crippen LogP contribution is 2.16. The van der Waals surface area contributed by atoms with Gasteiger partial charge in [-0.05, 0) is 66.6 Å². The van der Waals surface area contributed by atoms with Crippen LogP contribution in [0.2, 0.25) is 0 Å². The summed E-state index contributed by atoms with van der Waals surface area (Å²) >= 11 is 0. The van der Waals surface area contributed by atoms with E-state index in [9.17, 15) is 5.11 Å². The van der Waals surface area contributed by atoms with Crippen molar-refractivity contribution in [3.8, 4) is 11.5 Å². The van der Waals surface area contributed by atoms with Gasteiger partial charge in [-0.2, -0.15) is 0 Å². The zero-order valence-corrected chi connectivity index (χ0v) is 17.5. The van der Waals surface area contributed by atoms with Gasteiger partial charge in [0.05, 0.1) is 13.2 Å². The highest BCUT2D eigenvalue weighted by molar-refractivity contribution is 5.29. The maximum atomic E-state index is 10.2. The van der Waals surface area contributed by atoms with E-state index in [2.05, 4.69) is 48.6 Å². The molecule has 0 amide bonds. The minimum atomic E-state index is -0.328. The molecule has 3 nitrogen and oxygen atoms in total. The minimum absolute atomic E-state index is 0.328. The van der Waals surface area contributed by atoms with Crippen LogP contribution >= 0.6 is 0 Å². The lowest BCUT2D eigenvalue weighted by Gasteiger charge is -2.10. The molecule has 1 atom stereocenters. The number of rotatable bonds is 11. The molecule has 0 saturated heterocycles. The summed E-state index contributed by atoms with van der Waals surface area (Å²) in [6.07, 6.45) is 6.99. The summed E-state index contributed by atoms with van der Waals surface area (Å²) in [6.45, 7) is 0.571. The first kappa shape index (κ1) is 21.7. The molecular formula is C27H30O3. The lowest BCUT2D eigenvalue weighted by Crippen LogP contribution is -2.06. The van der Waals surface area contributed by atoms with Crippen LogP contribution in [0, 0.1) is 0 Å². The lowest BCUT2D eigenvalue weighted by atomic mass is 10.0. The fourth-order valence-corrected chi connectivity index (χ4v) is 3.18. The molecule has 3 rings (SSSR count). The molecule has 0 aliphatic heterocycles. The summed E-state index contributed by atoms with van der Waals surface area (Å²) in [5.74, 6) is 1.73. The highest BCUT2D eigenvalue weighted by atomic mass is 16.5. The van der Waals surface area contributed by atoms with Gasteiger partial charge in [-0.15, -0.1) is 0 Å². The van der Waals surface area contributed by atoms with E-state index in [-0.39, 0.29) is 6.10 Å². The summed E-state index contributed by atoms with van der Waals surface area (Å²) in [5, 5.41) is 10.2. The fraction of sp³-hybridized carbons (Fsp3) is 0.259. The Labute approximate surface area is 179 Å². The van der Waals surface area contributed by atoms with Crippen molar-refractivity contribution >= 4 is 0 Å². The average Bonchev–Trinajstić information content (AvgIpc) is 2.81. The predicted octanol–water partition coefficient (Wildman–Crippen LogP) is 5.76. The molecule has 3 heteroatoms. The van der Waals surface area contributed by atoms with Gasteiger partial charge in [0.15, 0.2) is 0 Å². The molecule has 156 valence electrons. The SMILES string of the molecule is COc1ccc(C/C=C/C[C@@H](O)CCc2ccc(OCc3ccccc3)cc2)cc1. The summed E-state index contributed by atoms with van der Waals surface area (Å²) in [4.78, 5) is 0. The number of hydrogen-bond acceptors (Lipinski definition) is 3. The van der Waals surface area contributed by atoms with Gasteiger partial charge in [0, 0.05) is 0 Å². The van der Waals surface area contributed by atoms with Crippen LogP contribution in [0.25, 0.3) is 0 Å². The maximum absolute atomic E-state index is 10.2. The molecular weight excluding hydrogens is 372 g/mol. The summed E-state index contributed by atoms with van der Waals surface area (Å²) in [5.41, 5.74) is 3.60. The normalized spacial score (nSPS) is 12.1. The zero-order valence-electron chi connectivity index (χ0n) is 17.5. The van der Waals surface area contributed by atoms with Crippen molar-refractivity contribution in [2.45, 2.75) is 38.4 Å². The number of benzene rings is 3. The topological polar surface area (TPSA) is 38.7 Å². The number of aliphatic hydroxyl groups is 1. The Balaban J connectivity index is 1.35. The molecule has 0 aromatic heterocycles. The monoisotopic (exact) mass is 402 g/mol. The predicted molar refractivity (Wildman–Crippen MR) is 122 cm³/mol. The molecule has 0 unspecified atom stereocenters. The van der Waals surface area contributed by atoms with Gasteiger partial charge < -0.3 is 14.6 Å². The summed E-state index contributed by atoms with van der Waals surface area (Å²) < 4.78 is 11.0. The van der Waals surface area contributed by atoms with Crippen molar-refractivity contribution in [2.75, 3.05) is 7.11 Å². The first-order valence-corrected chi connectivity index (χ1v) is 10.4. The Morgan fingerprint density at radius 2 is 1.43 bits per heavy atom. The van der Waals surface area contributed by atoms with Gasteiger partial charge >= 0.3 is 0 Å². The van der Waals surface area contributed by atoms with E-state index in [0.717, 1.165) is 36.3 Å². The standard InChI is InChI=1S/C27H30O3/c1-29-26-17-12-22(13-18-26)7-5-6-10-25(28)16-11-23-14-19-27(20-15-23)30-21-24-8-3-2-4-9-24/h2-6,8-9,12-15,17-20,25,28H,7,10-11,16,21H2,1H3/b6-5+/t25-/m1/s1. The van der Waals surface area contributed by atoms with Crippen molar-refractivity contribution in [1.29, 1.82) is 0 Å². The summed E-state index contributed by atoms with van der Waals surface area (Å²) in [7, 11) is 1.67. The van der Waals surface area contributed by atoms with E-state index >= 15 is 0 Å². The first-order chi connectivity index (χ1) is 14.7. The second-order valence-corrected chi connectivity index (χ2v) is 7.37. The van der Waals surface area contributed by atoms with Gasteiger partial charge in [0.1, 0.15) is 18.1 Å². The second kappa shape index (κ2) is 11.8. The van der Waals surface area contributed by atoms with Crippen molar-refractivity contribution in [3.05, 3.63) is 108 Å². The van der Waals surface area contributed by atoms with Crippen LogP contribution in [-0.4, -0.2) is 18.3 Å². The van der Waals surface area contributed by atoms with Crippen molar-refractivity contribution in [3.63, 3.8) is 0 Å². The third kappa shape index (κ3) is 7.41. The van der Waals surface area contributed by atoms with Crippen LogP contribution in [0.1, 0.15) is 29.5 Å². The molecule has 30 heavy (non-hydrogen) atoms. The quantitative estimate of drug-likeness (QED) is 0.415. The lowest BCUT2D eigenvalue weighted by molar-refractivity contribution is 0.168. The Morgan fingerprint density at radius 1 is 0.767 bits per heavy atom. The van der Waals surface area contributed by atoms with Crippen LogP contribution in [0.5, 0.6) is 11.5 Å². The molecule has 3 aromatic rings. The first-order valence-electron chi connectivity index (χ1n) is 10.4. The zero-order chi connectivity index (χ0) is 21.0. The van der Waals surface area contributed by atoms with Gasteiger partial charge in [-0.1, -0.05) is 66.7 Å². The Bertz CT molecular complexity index is 884. The van der Waals surface area contributed by atoms with E-state index in [1.54, 1.807) is 7.11 Å². The van der Waals surface area contributed by atoms with E-state index < -0.39 is 0 Å². The Hall–Kier alpha value is -3.04. The molecule has 0 radical (unpaired) electrons. The number of ether oxygens (including phenoxy) is 2. The molecule has 0 aliphatic rings. The second-order valence-electron chi connectivity index (χ2n) is 7.37. The van der Waals surface area contributed by atoms with Crippen LogP contribution in [0.3, 0.4) is 0 Å². The van der Waals surface area contributed by atoms with E-state index in [1.165, 1.54) is 11.1 Å². The number of aryl methyl sites for hydroxylation is 1. The summed E-state index contributed by atoms with van der Waals surface area (Å²) in [6, 6.07) is 26.4. The van der Waals surface area contributed by atoms with Crippen LogP contribution in [0.15, 0.2) is 91.0 Å². The number of methoxy groups -OCH3 is 1. The largest absolute Gasteiger partial charge is 0.497 e. The molecule has 3 aromatic carbocycles. The third-order valence-electron chi connectivity index (χ3n) is 5.03. The number of hydrogen-bond donors (Lipinski definition) is 1. The van der Waals surface area contributed by atoms with Crippen molar-refractivity contribution in [2.24, 2.45) is 0 Å². The van der Waals surface area contributed by atoms with Gasteiger partial charge in [-0.25, -0.2) is 0 Å². The van der Waals surface area contributed by atoms with Gasteiger partial charge in [0.2, 0.25) is 0 Å². The van der Waals surface area contributed by atoms with E-state index in [4.69, 9.17) is 9.47 Å². The molecule has 0 saturated carbocycles. The highest BCUT2D eigenvalue weighted by Gasteiger charge is 2.03. The molecule has 0 heterocycles. The third-order valence-corrected chi connectivity index (χ3v) is 5.03. The maximum Gasteiger partial charge on any atom is 0.119 e. The van der Waals surface area contributed by atoms with Crippen molar-refractivity contribution < 1.29 is 14.6 Å². The van der Waals surface area contributed by atoms with E-state index in [0.29, 0.717) is 13.0 Å². The molecule has 1 N–H and O–H groups in total.